The van der Waals surface area contributed by atoms with E-state index in [0.717, 1.165) is 27.7 Å². The van der Waals surface area contributed by atoms with Crippen LogP contribution in [0.3, 0.4) is 0 Å². The van der Waals surface area contributed by atoms with Crippen molar-refractivity contribution >= 4 is 21.6 Å². The minimum Gasteiger partial charge on any atom is -0.302 e. The van der Waals surface area contributed by atoms with E-state index in [4.69, 9.17) is 0 Å². The summed E-state index contributed by atoms with van der Waals surface area (Å²) in [6, 6.07) is 16.5. The molecule has 0 bridgehead atoms. The molecule has 3 aromatic rings. The summed E-state index contributed by atoms with van der Waals surface area (Å²) < 4.78 is 1.07. The van der Waals surface area contributed by atoms with Crippen LogP contribution in [0, 0.1) is 0 Å². The second-order valence-corrected chi connectivity index (χ2v) is 6.22. The van der Waals surface area contributed by atoms with E-state index in [2.05, 4.69) is 71.3 Å². The van der Waals surface area contributed by atoms with Gasteiger partial charge in [0, 0.05) is 16.5 Å². The molecule has 1 aromatic heterocycles. The van der Waals surface area contributed by atoms with Gasteiger partial charge < -0.3 is 5.43 Å². The molecule has 114 valence electrons. The van der Waals surface area contributed by atoms with Gasteiger partial charge in [0.05, 0.1) is 11.8 Å². The van der Waals surface area contributed by atoms with Gasteiger partial charge in [0.2, 0.25) is 5.82 Å². The lowest BCUT2D eigenvalue weighted by Crippen LogP contribution is -2.09. The molecule has 0 saturated heterocycles. The topological polar surface area (TPSA) is 78.9 Å². The van der Waals surface area contributed by atoms with E-state index >= 15 is 0 Å². The first-order valence-electron chi connectivity index (χ1n) is 7.21. The minimum atomic E-state index is 0.188. The van der Waals surface area contributed by atoms with Crippen LogP contribution in [-0.2, 0) is 0 Å². The van der Waals surface area contributed by atoms with Gasteiger partial charge in [-0.25, -0.2) is 0 Å². The number of H-pyrrole nitrogens is 1. The number of tetrazole rings is 1. The third-order valence-corrected chi connectivity index (χ3v) is 4.38. The lowest BCUT2D eigenvalue weighted by molar-refractivity contribution is 0.620. The summed E-state index contributed by atoms with van der Waals surface area (Å²) in [7, 11) is 0. The van der Waals surface area contributed by atoms with E-state index in [9.17, 15) is 0 Å². The Morgan fingerprint density at radius 1 is 0.957 bits per heavy atom. The SMILES string of the molecule is Brc1ccc(C2=NNC(c3ccc(-c4nn[nH]n4)cc3)C2)cc1. The molecule has 0 aliphatic carbocycles. The van der Waals surface area contributed by atoms with Gasteiger partial charge >= 0.3 is 0 Å². The highest BCUT2D eigenvalue weighted by Crippen LogP contribution is 2.26. The molecule has 23 heavy (non-hydrogen) atoms. The van der Waals surface area contributed by atoms with Crippen LogP contribution in [0.15, 0.2) is 58.1 Å². The van der Waals surface area contributed by atoms with E-state index in [0.29, 0.717) is 5.82 Å². The minimum absolute atomic E-state index is 0.188. The maximum absolute atomic E-state index is 4.48. The zero-order chi connectivity index (χ0) is 15.6. The summed E-state index contributed by atoms with van der Waals surface area (Å²) in [4.78, 5) is 0. The van der Waals surface area contributed by atoms with Gasteiger partial charge in [0.1, 0.15) is 0 Å². The highest BCUT2D eigenvalue weighted by molar-refractivity contribution is 9.10. The summed E-state index contributed by atoms with van der Waals surface area (Å²) in [5, 5.41) is 18.5. The Bertz CT molecular complexity index is 824. The van der Waals surface area contributed by atoms with Crippen LogP contribution in [0.4, 0.5) is 0 Å². The molecule has 0 spiro atoms. The van der Waals surface area contributed by atoms with Crippen molar-refractivity contribution < 1.29 is 0 Å². The molecular weight excluding hydrogens is 356 g/mol. The van der Waals surface area contributed by atoms with Crippen molar-refractivity contribution in [1.82, 2.24) is 26.0 Å². The average molecular weight is 369 g/mol. The Labute approximate surface area is 141 Å². The van der Waals surface area contributed by atoms with Crippen molar-refractivity contribution in [3.05, 3.63) is 64.1 Å². The number of nitrogens with zero attached hydrogens (tertiary/aromatic N) is 4. The van der Waals surface area contributed by atoms with Crippen LogP contribution in [0.5, 0.6) is 0 Å². The van der Waals surface area contributed by atoms with Crippen molar-refractivity contribution in [3.63, 3.8) is 0 Å². The van der Waals surface area contributed by atoms with E-state index < -0.39 is 0 Å². The highest BCUT2D eigenvalue weighted by atomic mass is 79.9. The van der Waals surface area contributed by atoms with E-state index in [1.165, 1.54) is 5.56 Å². The van der Waals surface area contributed by atoms with E-state index in [-0.39, 0.29) is 6.04 Å². The molecule has 0 fully saturated rings. The third kappa shape index (κ3) is 2.87. The smallest absolute Gasteiger partial charge is 0.204 e. The Morgan fingerprint density at radius 2 is 1.70 bits per heavy atom. The summed E-state index contributed by atoms with van der Waals surface area (Å²) in [6.07, 6.45) is 0.864. The Balaban J connectivity index is 1.49. The first kappa shape index (κ1) is 14.1. The molecule has 1 aliphatic rings. The zero-order valence-corrected chi connectivity index (χ0v) is 13.7. The van der Waals surface area contributed by atoms with Crippen molar-refractivity contribution in [3.8, 4) is 11.4 Å². The molecule has 2 aromatic carbocycles. The van der Waals surface area contributed by atoms with Gasteiger partial charge in [0.25, 0.3) is 0 Å². The number of hydrazone groups is 1. The van der Waals surface area contributed by atoms with Crippen molar-refractivity contribution in [1.29, 1.82) is 0 Å². The molecule has 4 rings (SSSR count). The van der Waals surface area contributed by atoms with Gasteiger partial charge in [-0.3, -0.25) is 0 Å². The van der Waals surface area contributed by atoms with Crippen molar-refractivity contribution in [2.24, 2.45) is 5.10 Å². The number of rotatable bonds is 3. The van der Waals surface area contributed by atoms with Crippen LogP contribution >= 0.6 is 15.9 Å². The Hall–Kier alpha value is -2.54. The predicted molar refractivity (Wildman–Crippen MR) is 90.8 cm³/mol. The monoisotopic (exact) mass is 368 g/mol. The summed E-state index contributed by atoms with van der Waals surface area (Å²) >= 11 is 3.45. The second-order valence-electron chi connectivity index (χ2n) is 5.31. The lowest BCUT2D eigenvalue weighted by Gasteiger charge is -2.10. The van der Waals surface area contributed by atoms with Gasteiger partial charge in [-0.1, -0.05) is 52.3 Å². The highest BCUT2D eigenvalue weighted by Gasteiger charge is 2.21. The maximum Gasteiger partial charge on any atom is 0.204 e. The molecule has 1 unspecified atom stereocenters. The van der Waals surface area contributed by atoms with Crippen LogP contribution in [-0.4, -0.2) is 26.3 Å². The first-order chi connectivity index (χ1) is 11.3. The number of benzene rings is 2. The lowest BCUT2D eigenvalue weighted by atomic mass is 9.98. The molecule has 0 saturated carbocycles. The molecule has 0 radical (unpaired) electrons. The molecule has 7 heteroatoms. The molecule has 1 atom stereocenters. The number of nitrogens with one attached hydrogen (secondary N) is 2. The standard InChI is InChI=1S/C16H13BrN6/c17-13-7-5-11(6-8-13)15-9-14(18-19-15)10-1-3-12(4-2-10)16-20-22-23-21-16/h1-8,14,18H,9H2,(H,20,21,22,23). The Kier molecular flexibility index (Phi) is 3.63. The summed E-state index contributed by atoms with van der Waals surface area (Å²) in [5.41, 5.74) is 7.56. The maximum atomic E-state index is 4.48. The zero-order valence-electron chi connectivity index (χ0n) is 12.1. The Morgan fingerprint density at radius 3 is 2.39 bits per heavy atom. The van der Waals surface area contributed by atoms with Crippen LogP contribution < -0.4 is 5.43 Å². The number of hydrogen-bond donors (Lipinski definition) is 2. The summed E-state index contributed by atoms with van der Waals surface area (Å²) in [6.45, 7) is 0. The second kappa shape index (κ2) is 5.92. The molecule has 0 amide bonds. The molecular formula is C16H13BrN6. The van der Waals surface area contributed by atoms with E-state index in [1.807, 2.05) is 24.3 Å². The average Bonchev–Trinajstić information content (AvgIpc) is 3.28. The van der Waals surface area contributed by atoms with Crippen molar-refractivity contribution in [2.45, 2.75) is 12.5 Å². The largest absolute Gasteiger partial charge is 0.302 e. The van der Waals surface area contributed by atoms with Crippen LogP contribution in [0.2, 0.25) is 0 Å². The summed E-state index contributed by atoms with van der Waals surface area (Å²) in [5.74, 6) is 0.600. The fraction of sp³-hybridized carbons (Fsp3) is 0.125. The first-order valence-corrected chi connectivity index (χ1v) is 8.01. The van der Waals surface area contributed by atoms with Crippen molar-refractivity contribution in [2.75, 3.05) is 0 Å². The number of halogens is 1. The molecule has 6 nitrogen and oxygen atoms in total. The quantitative estimate of drug-likeness (QED) is 0.744. The third-order valence-electron chi connectivity index (χ3n) is 3.85. The molecule has 1 aliphatic heterocycles. The molecule has 2 heterocycles. The normalized spacial score (nSPS) is 16.9. The van der Waals surface area contributed by atoms with Crippen LogP contribution in [0.1, 0.15) is 23.6 Å². The fourth-order valence-electron chi connectivity index (χ4n) is 2.61. The number of hydrogen-bond acceptors (Lipinski definition) is 5. The predicted octanol–water partition coefficient (Wildman–Crippen LogP) is 3.07. The fourth-order valence-corrected chi connectivity index (χ4v) is 2.87. The number of aromatic nitrogens is 4. The van der Waals surface area contributed by atoms with Gasteiger partial charge in [0.15, 0.2) is 0 Å². The van der Waals surface area contributed by atoms with Gasteiger partial charge in [-0.15, -0.1) is 10.2 Å². The molecule has 2 N–H and O–H groups in total. The van der Waals surface area contributed by atoms with E-state index in [1.54, 1.807) is 0 Å². The van der Waals surface area contributed by atoms with Gasteiger partial charge in [-0.2, -0.15) is 10.3 Å². The van der Waals surface area contributed by atoms with Gasteiger partial charge in [-0.05, 0) is 28.5 Å². The number of aromatic amines is 1. The van der Waals surface area contributed by atoms with Crippen LogP contribution in [0.25, 0.3) is 11.4 Å².